The average Bonchev–Trinajstić information content (AvgIpc) is 3.45. The van der Waals surface area contributed by atoms with E-state index in [2.05, 4.69) is 58.2 Å². The Labute approximate surface area is 225 Å². The molecule has 2 bridgehead atoms. The first kappa shape index (κ1) is 25.6. The Hall–Kier alpha value is -2.71. The lowest BCUT2D eigenvalue weighted by molar-refractivity contribution is -0.0312. The summed E-state index contributed by atoms with van der Waals surface area (Å²) in [5, 5.41) is 11.9. The van der Waals surface area contributed by atoms with Crippen LogP contribution in [0.25, 0.3) is 0 Å². The van der Waals surface area contributed by atoms with Gasteiger partial charge in [0.1, 0.15) is 5.75 Å². The summed E-state index contributed by atoms with van der Waals surface area (Å²) in [6, 6.07) is 22.6. The van der Waals surface area contributed by atoms with Crippen LogP contribution in [-0.2, 0) is 21.0 Å². The van der Waals surface area contributed by atoms with Gasteiger partial charge in [0, 0.05) is 43.1 Å². The number of ether oxygens (including phenoxy) is 1. The second-order valence-corrected chi connectivity index (χ2v) is 12.8. The van der Waals surface area contributed by atoms with Crippen LogP contribution in [0.2, 0.25) is 0 Å². The van der Waals surface area contributed by atoms with Crippen molar-refractivity contribution in [1.82, 2.24) is 9.62 Å². The molecule has 3 aliphatic rings. The molecule has 200 valence electrons. The van der Waals surface area contributed by atoms with E-state index in [9.17, 15) is 13.5 Å². The van der Waals surface area contributed by atoms with Gasteiger partial charge in [-0.15, -0.1) is 0 Å². The number of sulfonamides is 1. The number of hydrogen-bond acceptors (Lipinski definition) is 5. The number of methoxy groups -OCH3 is 1. The molecule has 1 heterocycles. The van der Waals surface area contributed by atoms with Gasteiger partial charge in [-0.2, -0.15) is 0 Å². The molecule has 6 rings (SSSR count). The molecule has 0 radical (unpaired) electrons. The third-order valence-corrected chi connectivity index (χ3v) is 10.5. The fourth-order valence-electron chi connectivity index (χ4n) is 7.09. The summed E-state index contributed by atoms with van der Waals surface area (Å²) < 4.78 is 34.3. The Balaban J connectivity index is 1.28. The predicted octanol–water partition coefficient (Wildman–Crippen LogP) is 4.50. The molecule has 3 aromatic rings. The highest BCUT2D eigenvalue weighted by atomic mass is 32.2. The highest BCUT2D eigenvalue weighted by Crippen LogP contribution is 2.60. The van der Waals surface area contributed by atoms with E-state index < -0.39 is 15.6 Å². The zero-order valence-electron chi connectivity index (χ0n) is 22.1. The van der Waals surface area contributed by atoms with Crippen LogP contribution in [0.15, 0.2) is 71.6 Å². The monoisotopic (exact) mass is 532 g/mol. The molecule has 0 saturated carbocycles. The first-order chi connectivity index (χ1) is 18.3. The van der Waals surface area contributed by atoms with Gasteiger partial charge >= 0.3 is 0 Å². The number of rotatable bonds is 8. The summed E-state index contributed by atoms with van der Waals surface area (Å²) >= 11 is 0. The van der Waals surface area contributed by atoms with Crippen LogP contribution >= 0.6 is 0 Å². The third kappa shape index (κ3) is 3.99. The Kier molecular flexibility index (Phi) is 6.38. The number of hydrogen-bond donors (Lipinski definition) is 2. The second kappa shape index (κ2) is 9.49. The number of likely N-dealkylation sites (tertiary alicyclic amines) is 1. The molecule has 2 aliphatic carbocycles. The van der Waals surface area contributed by atoms with Crippen molar-refractivity contribution in [3.05, 3.63) is 94.5 Å². The third-order valence-electron chi connectivity index (χ3n) is 8.95. The maximum Gasteiger partial charge on any atom is 0.240 e. The Morgan fingerprint density at radius 1 is 0.974 bits per heavy atom. The van der Waals surface area contributed by atoms with Crippen LogP contribution in [0.1, 0.15) is 66.3 Å². The van der Waals surface area contributed by atoms with Crippen LogP contribution in [0.5, 0.6) is 5.75 Å². The second-order valence-electron chi connectivity index (χ2n) is 11.1. The quantitative estimate of drug-likeness (QED) is 0.447. The fraction of sp³-hybridized carbons (Fsp3) is 0.419. The van der Waals surface area contributed by atoms with E-state index >= 15 is 0 Å². The molecule has 1 saturated heterocycles. The summed E-state index contributed by atoms with van der Waals surface area (Å²) in [5.41, 5.74) is 4.91. The minimum atomic E-state index is -3.75. The number of piperidine rings is 1. The zero-order chi connectivity index (χ0) is 26.5. The molecule has 0 aromatic heterocycles. The molecule has 1 aliphatic heterocycles. The molecule has 7 heteroatoms. The topological polar surface area (TPSA) is 78.9 Å². The van der Waals surface area contributed by atoms with Crippen LogP contribution in [0.4, 0.5) is 0 Å². The Morgan fingerprint density at radius 3 is 2.21 bits per heavy atom. The van der Waals surface area contributed by atoms with Crippen molar-refractivity contribution in [3.8, 4) is 5.75 Å². The van der Waals surface area contributed by atoms with Gasteiger partial charge in [0.15, 0.2) is 0 Å². The summed E-state index contributed by atoms with van der Waals surface area (Å²) in [6.45, 7) is 4.55. The van der Waals surface area contributed by atoms with Crippen LogP contribution in [0.3, 0.4) is 0 Å². The summed E-state index contributed by atoms with van der Waals surface area (Å²) in [4.78, 5) is 2.60. The highest BCUT2D eigenvalue weighted by molar-refractivity contribution is 7.89. The number of nitrogens with one attached hydrogen (secondary N) is 1. The van der Waals surface area contributed by atoms with Crippen molar-refractivity contribution in [3.63, 3.8) is 0 Å². The highest BCUT2D eigenvalue weighted by Gasteiger charge is 2.53. The van der Waals surface area contributed by atoms with Crippen molar-refractivity contribution in [1.29, 1.82) is 0 Å². The predicted molar refractivity (Wildman–Crippen MR) is 148 cm³/mol. The van der Waals surface area contributed by atoms with Crippen molar-refractivity contribution >= 4 is 10.0 Å². The zero-order valence-corrected chi connectivity index (χ0v) is 22.9. The van der Waals surface area contributed by atoms with Crippen molar-refractivity contribution < 1.29 is 18.3 Å². The Morgan fingerprint density at radius 2 is 1.61 bits per heavy atom. The lowest BCUT2D eigenvalue weighted by atomic mass is 9.74. The average molecular weight is 533 g/mol. The first-order valence-corrected chi connectivity index (χ1v) is 15.1. The van der Waals surface area contributed by atoms with Crippen molar-refractivity contribution in [2.45, 2.75) is 54.4 Å². The maximum absolute atomic E-state index is 13.1. The van der Waals surface area contributed by atoms with Crippen LogP contribution in [0, 0.1) is 0 Å². The lowest BCUT2D eigenvalue weighted by Crippen LogP contribution is -2.48. The van der Waals surface area contributed by atoms with E-state index in [-0.39, 0.29) is 10.3 Å². The van der Waals surface area contributed by atoms with Gasteiger partial charge in [0.25, 0.3) is 0 Å². The van der Waals surface area contributed by atoms with Crippen molar-refractivity contribution in [2.24, 2.45) is 0 Å². The van der Waals surface area contributed by atoms with Gasteiger partial charge in [-0.25, -0.2) is 13.1 Å². The minimum absolute atomic E-state index is 0.0398. The van der Waals surface area contributed by atoms with Gasteiger partial charge in [-0.05, 0) is 66.1 Å². The number of fused-ring (bicyclic) bond motifs is 8. The molecule has 3 aromatic carbocycles. The molecule has 2 N–H and O–H groups in total. The van der Waals surface area contributed by atoms with E-state index in [1.54, 1.807) is 25.3 Å². The maximum atomic E-state index is 13.1. The molecule has 6 nitrogen and oxygen atoms in total. The minimum Gasteiger partial charge on any atom is -0.497 e. The molecule has 38 heavy (non-hydrogen) atoms. The van der Waals surface area contributed by atoms with Gasteiger partial charge < -0.3 is 14.7 Å². The molecule has 1 fully saturated rings. The van der Waals surface area contributed by atoms with Gasteiger partial charge in [0.05, 0.1) is 17.6 Å². The summed E-state index contributed by atoms with van der Waals surface area (Å²) in [6.07, 6.45) is 2.70. The number of aliphatic hydroxyl groups is 1. The molecule has 0 amide bonds. The van der Waals surface area contributed by atoms with Crippen LogP contribution < -0.4 is 9.46 Å². The normalized spacial score (nSPS) is 23.7. The smallest absolute Gasteiger partial charge is 0.240 e. The van der Waals surface area contributed by atoms with E-state index in [1.165, 1.54) is 22.3 Å². The molecule has 0 spiro atoms. The molecule has 0 atom stereocenters. The molecule has 0 unspecified atom stereocenters. The first-order valence-electron chi connectivity index (χ1n) is 13.6. The van der Waals surface area contributed by atoms with Crippen molar-refractivity contribution in [2.75, 3.05) is 33.3 Å². The standard InChI is InChI=1S/C31H36N2O4S/c1-3-16-32-38(35,36)29-13-12-22(37-2)19-28(29)31(34)14-17-33(18-15-31)21-30-20-25(23-8-4-6-10-26(23)30)24-9-5-7-11-27(24)30/h4-13,19,25,32,34H,3,14-18,20-21H2,1-2H3. The van der Waals surface area contributed by atoms with Gasteiger partial charge in [-0.3, -0.25) is 0 Å². The van der Waals surface area contributed by atoms with Gasteiger partial charge in [-0.1, -0.05) is 55.5 Å². The fourth-order valence-corrected chi connectivity index (χ4v) is 8.50. The van der Waals surface area contributed by atoms with Gasteiger partial charge in [0.2, 0.25) is 10.0 Å². The summed E-state index contributed by atoms with van der Waals surface area (Å²) in [7, 11) is -2.20. The number of benzene rings is 3. The largest absolute Gasteiger partial charge is 0.497 e. The van der Waals surface area contributed by atoms with E-state index in [0.29, 0.717) is 56.1 Å². The Bertz CT molecular complexity index is 1410. The molecular weight excluding hydrogens is 496 g/mol. The summed E-state index contributed by atoms with van der Waals surface area (Å²) in [5.74, 6) is 0.990. The lowest BCUT2D eigenvalue weighted by Gasteiger charge is -2.43. The SMILES string of the molecule is CCCNS(=O)(=O)c1ccc(OC)cc1C1(O)CCN(CC23CC(c4ccccc42)c2ccccc23)CC1. The van der Waals surface area contributed by atoms with E-state index in [0.717, 1.165) is 13.0 Å². The van der Waals surface area contributed by atoms with E-state index in [1.807, 2.05) is 6.92 Å². The van der Waals surface area contributed by atoms with E-state index in [4.69, 9.17) is 4.74 Å². The molecular formula is C31H36N2O4S. The number of nitrogens with zero attached hydrogens (tertiary/aromatic N) is 1. The van der Waals surface area contributed by atoms with Crippen LogP contribution in [-0.4, -0.2) is 51.7 Å².